The Hall–Kier alpha value is -1.39. The van der Waals surface area contributed by atoms with Crippen LogP contribution in [0.3, 0.4) is 0 Å². The Balaban J connectivity index is 1.86. The zero-order chi connectivity index (χ0) is 11.7. The Morgan fingerprint density at radius 1 is 1.29 bits per heavy atom. The first-order valence-electron chi connectivity index (χ1n) is 5.72. The molecule has 2 aromatic rings. The van der Waals surface area contributed by atoms with E-state index in [2.05, 4.69) is 10.4 Å². The van der Waals surface area contributed by atoms with Crippen molar-refractivity contribution in [2.45, 2.75) is 12.3 Å². The van der Waals surface area contributed by atoms with Crippen molar-refractivity contribution >= 4 is 17.0 Å². The number of benzene rings is 1. The summed E-state index contributed by atoms with van der Waals surface area (Å²) in [5.74, 6) is 0.480. The van der Waals surface area contributed by atoms with Gasteiger partial charge in [-0.3, -0.25) is 0 Å². The second-order valence-corrected chi connectivity index (χ2v) is 5.12. The van der Waals surface area contributed by atoms with Crippen molar-refractivity contribution in [1.82, 2.24) is 4.98 Å². The van der Waals surface area contributed by atoms with Crippen LogP contribution in [0.1, 0.15) is 18.0 Å². The summed E-state index contributed by atoms with van der Waals surface area (Å²) in [7, 11) is 0. The summed E-state index contributed by atoms with van der Waals surface area (Å²) in [5.41, 5.74) is 8.76. The molecule has 0 saturated carbocycles. The van der Waals surface area contributed by atoms with E-state index >= 15 is 0 Å². The minimum atomic E-state index is 0.480. The van der Waals surface area contributed by atoms with Crippen LogP contribution in [0.2, 0.25) is 0 Å². The average molecular weight is 246 g/mol. The van der Waals surface area contributed by atoms with Gasteiger partial charge in [-0.25, -0.2) is 4.98 Å². The van der Waals surface area contributed by atoms with Crippen LogP contribution >= 0.6 is 11.3 Å². The first-order valence-corrected chi connectivity index (χ1v) is 6.60. The topological polar surface area (TPSA) is 48.1 Å². The molecule has 1 atom stereocenters. The van der Waals surface area contributed by atoms with Gasteiger partial charge >= 0.3 is 0 Å². The first-order chi connectivity index (χ1) is 8.33. The molecule has 3 nitrogen and oxygen atoms in total. The smallest absolute Gasteiger partial charge is 0.123 e. The quantitative estimate of drug-likeness (QED) is 0.829. The van der Waals surface area contributed by atoms with E-state index in [-0.39, 0.29) is 0 Å². The summed E-state index contributed by atoms with van der Waals surface area (Å²) in [4.78, 5) is 4.69. The van der Waals surface area contributed by atoms with E-state index in [1.807, 2.05) is 24.3 Å². The van der Waals surface area contributed by atoms with Crippen molar-refractivity contribution in [2.24, 2.45) is 0 Å². The zero-order valence-electron chi connectivity index (χ0n) is 9.43. The molecule has 0 bridgehead atoms. The van der Waals surface area contributed by atoms with Gasteiger partial charge in [-0.2, -0.15) is 0 Å². The van der Waals surface area contributed by atoms with Crippen LogP contribution < -0.4 is 5.73 Å². The van der Waals surface area contributed by atoms with Crippen LogP contribution in [0.15, 0.2) is 29.6 Å². The Morgan fingerprint density at radius 3 is 2.82 bits per heavy atom. The molecule has 1 aromatic heterocycles. The van der Waals surface area contributed by atoms with Crippen LogP contribution in [0.25, 0.3) is 10.6 Å². The van der Waals surface area contributed by atoms with Crippen molar-refractivity contribution in [3.63, 3.8) is 0 Å². The molecule has 1 aromatic carbocycles. The number of thiazole rings is 1. The van der Waals surface area contributed by atoms with Gasteiger partial charge in [0.1, 0.15) is 5.01 Å². The summed E-state index contributed by atoms with van der Waals surface area (Å²) < 4.78 is 5.39. The highest BCUT2D eigenvalue weighted by Crippen LogP contribution is 2.30. The molecule has 0 amide bonds. The zero-order valence-corrected chi connectivity index (χ0v) is 10.2. The first kappa shape index (κ1) is 10.7. The summed E-state index contributed by atoms with van der Waals surface area (Å²) in [6, 6.07) is 7.86. The minimum Gasteiger partial charge on any atom is -0.399 e. The predicted molar refractivity (Wildman–Crippen MR) is 70.1 cm³/mol. The molecule has 2 N–H and O–H groups in total. The summed E-state index contributed by atoms with van der Waals surface area (Å²) in [6.45, 7) is 1.67. The molecule has 1 aliphatic rings. The van der Waals surface area contributed by atoms with Gasteiger partial charge in [-0.05, 0) is 30.7 Å². The number of nitrogens with zero attached hydrogens (tertiary/aromatic N) is 1. The fourth-order valence-electron chi connectivity index (χ4n) is 2.00. The van der Waals surface area contributed by atoms with Gasteiger partial charge in [0.15, 0.2) is 0 Å². The second-order valence-electron chi connectivity index (χ2n) is 4.26. The maximum absolute atomic E-state index is 5.68. The number of ether oxygens (including phenoxy) is 1. The van der Waals surface area contributed by atoms with E-state index in [0.717, 1.165) is 35.9 Å². The van der Waals surface area contributed by atoms with Crippen molar-refractivity contribution < 1.29 is 4.74 Å². The summed E-state index contributed by atoms with van der Waals surface area (Å²) in [5, 5.41) is 3.21. The maximum Gasteiger partial charge on any atom is 0.123 e. The lowest BCUT2D eigenvalue weighted by molar-refractivity contribution is 0.193. The maximum atomic E-state index is 5.68. The number of nitrogen functional groups attached to an aromatic ring is 1. The molecule has 1 aliphatic heterocycles. The monoisotopic (exact) mass is 246 g/mol. The molecule has 2 heterocycles. The number of hydrogen-bond donors (Lipinski definition) is 1. The molecule has 17 heavy (non-hydrogen) atoms. The molecule has 1 fully saturated rings. The normalized spacial score (nSPS) is 19.6. The Kier molecular flexibility index (Phi) is 2.82. The van der Waals surface area contributed by atoms with Crippen molar-refractivity contribution in [1.29, 1.82) is 0 Å². The third-order valence-electron chi connectivity index (χ3n) is 3.03. The van der Waals surface area contributed by atoms with Crippen molar-refractivity contribution in [3.8, 4) is 10.6 Å². The van der Waals surface area contributed by atoms with Crippen molar-refractivity contribution in [3.05, 3.63) is 35.3 Å². The molecule has 0 aliphatic carbocycles. The predicted octanol–water partition coefficient (Wildman–Crippen LogP) is 2.90. The van der Waals surface area contributed by atoms with Gasteiger partial charge < -0.3 is 10.5 Å². The lowest BCUT2D eigenvalue weighted by atomic mass is 10.1. The van der Waals surface area contributed by atoms with Crippen LogP contribution in [-0.4, -0.2) is 18.2 Å². The van der Waals surface area contributed by atoms with Gasteiger partial charge in [-0.1, -0.05) is 0 Å². The van der Waals surface area contributed by atoms with Gasteiger partial charge in [0.25, 0.3) is 0 Å². The van der Waals surface area contributed by atoms with E-state index in [0.29, 0.717) is 5.92 Å². The van der Waals surface area contributed by atoms with Gasteiger partial charge in [0, 0.05) is 29.2 Å². The van der Waals surface area contributed by atoms with Crippen LogP contribution in [0.5, 0.6) is 0 Å². The van der Waals surface area contributed by atoms with Crippen LogP contribution in [0, 0.1) is 0 Å². The Labute approximate surface area is 104 Å². The van der Waals surface area contributed by atoms with Gasteiger partial charge in [-0.15, -0.1) is 11.3 Å². The molecular formula is C13H14N2OS. The molecule has 0 radical (unpaired) electrons. The molecule has 88 valence electrons. The second kappa shape index (κ2) is 4.47. The standard InChI is InChI=1S/C13H14N2OS/c14-11-3-1-9(2-4-11)13-15-12(8-17-13)10-5-6-16-7-10/h1-4,8,10H,5-7,14H2. The number of aromatic nitrogens is 1. The van der Waals surface area contributed by atoms with E-state index in [9.17, 15) is 0 Å². The van der Waals surface area contributed by atoms with E-state index in [1.54, 1.807) is 11.3 Å². The highest BCUT2D eigenvalue weighted by atomic mass is 32.1. The Morgan fingerprint density at radius 2 is 2.12 bits per heavy atom. The van der Waals surface area contributed by atoms with Gasteiger partial charge in [0.05, 0.1) is 12.3 Å². The molecule has 3 rings (SSSR count). The van der Waals surface area contributed by atoms with E-state index in [1.165, 1.54) is 5.69 Å². The number of anilines is 1. The van der Waals surface area contributed by atoms with E-state index < -0.39 is 0 Å². The average Bonchev–Trinajstić information content (AvgIpc) is 3.00. The highest BCUT2D eigenvalue weighted by Gasteiger charge is 2.20. The lowest BCUT2D eigenvalue weighted by Gasteiger charge is -2.01. The third-order valence-corrected chi connectivity index (χ3v) is 3.94. The van der Waals surface area contributed by atoms with Crippen molar-refractivity contribution in [2.75, 3.05) is 18.9 Å². The highest BCUT2D eigenvalue weighted by molar-refractivity contribution is 7.13. The fourth-order valence-corrected chi connectivity index (χ4v) is 2.91. The minimum absolute atomic E-state index is 0.480. The van der Waals surface area contributed by atoms with E-state index in [4.69, 9.17) is 10.5 Å². The molecule has 1 unspecified atom stereocenters. The summed E-state index contributed by atoms with van der Waals surface area (Å²) >= 11 is 1.69. The van der Waals surface area contributed by atoms with Gasteiger partial charge in [0.2, 0.25) is 0 Å². The molecular weight excluding hydrogens is 232 g/mol. The lowest BCUT2D eigenvalue weighted by Crippen LogP contribution is -1.97. The van der Waals surface area contributed by atoms with Crippen LogP contribution in [-0.2, 0) is 4.74 Å². The molecule has 4 heteroatoms. The SMILES string of the molecule is Nc1ccc(-c2nc(C3CCOC3)cs2)cc1. The Bertz CT molecular complexity index is 500. The number of hydrogen-bond acceptors (Lipinski definition) is 4. The number of rotatable bonds is 2. The molecule has 1 saturated heterocycles. The molecule has 0 spiro atoms. The third kappa shape index (κ3) is 2.18. The van der Waals surface area contributed by atoms with Crippen LogP contribution in [0.4, 0.5) is 5.69 Å². The fraction of sp³-hybridized carbons (Fsp3) is 0.308. The number of nitrogens with two attached hydrogens (primary N) is 1. The largest absolute Gasteiger partial charge is 0.399 e. The summed E-state index contributed by atoms with van der Waals surface area (Å²) in [6.07, 6.45) is 1.09.